The molecule has 0 saturated heterocycles. The maximum Gasteiger partial charge on any atom is 0.341 e. The molecular formula is C18H21N3O4S. The fourth-order valence-electron chi connectivity index (χ4n) is 2.68. The average Bonchev–Trinajstić information content (AvgIpc) is 3.38. The Morgan fingerprint density at radius 2 is 2.12 bits per heavy atom. The van der Waals surface area contributed by atoms with Crippen molar-refractivity contribution in [3.8, 4) is 0 Å². The minimum absolute atomic E-state index is 0.134. The van der Waals surface area contributed by atoms with Crippen LogP contribution in [0.25, 0.3) is 0 Å². The van der Waals surface area contributed by atoms with Crippen molar-refractivity contribution < 1.29 is 14.3 Å². The number of rotatable bonds is 7. The molecule has 0 spiro atoms. The lowest BCUT2D eigenvalue weighted by Gasteiger charge is -2.09. The Kier molecular flexibility index (Phi) is 5.51. The van der Waals surface area contributed by atoms with Gasteiger partial charge in [-0.15, -0.1) is 11.3 Å². The lowest BCUT2D eigenvalue weighted by atomic mass is 10.1. The Bertz CT molecular complexity index is 883. The number of aromatic nitrogens is 2. The molecule has 0 unspecified atom stereocenters. The summed E-state index contributed by atoms with van der Waals surface area (Å²) in [6.45, 7) is 4.40. The molecular weight excluding hydrogens is 354 g/mol. The number of carbonyl (C=O) groups excluding carboxylic acids is 2. The summed E-state index contributed by atoms with van der Waals surface area (Å²) in [4.78, 5) is 36.7. The monoisotopic (exact) mass is 375 g/mol. The van der Waals surface area contributed by atoms with E-state index in [2.05, 4.69) is 10.4 Å². The number of hydrogen-bond acceptors (Lipinski definition) is 6. The molecule has 8 heteroatoms. The van der Waals surface area contributed by atoms with Crippen molar-refractivity contribution in [2.24, 2.45) is 0 Å². The van der Waals surface area contributed by atoms with E-state index in [0.717, 1.165) is 24.8 Å². The quantitative estimate of drug-likeness (QED) is 0.751. The van der Waals surface area contributed by atoms with Gasteiger partial charge in [0.1, 0.15) is 10.7 Å². The number of esters is 1. The van der Waals surface area contributed by atoms with Crippen LogP contribution >= 0.6 is 11.3 Å². The standard InChI is InChI=1S/C18H21N3O4S/c1-3-9-21-14(22)8-7-13(20-21)16(23)19-17-15(18(24)25-4-2)12(10-26-17)11-5-6-11/h7-8,10-11H,3-6,9H2,1-2H3,(H,19,23). The smallest absolute Gasteiger partial charge is 0.341 e. The lowest BCUT2D eigenvalue weighted by molar-refractivity contribution is 0.0527. The molecule has 1 aliphatic rings. The van der Waals surface area contributed by atoms with Crippen LogP contribution in [0.4, 0.5) is 5.00 Å². The highest BCUT2D eigenvalue weighted by Crippen LogP contribution is 2.46. The van der Waals surface area contributed by atoms with E-state index in [1.807, 2.05) is 12.3 Å². The van der Waals surface area contributed by atoms with Crippen molar-refractivity contribution in [2.75, 3.05) is 11.9 Å². The molecule has 7 nitrogen and oxygen atoms in total. The van der Waals surface area contributed by atoms with E-state index in [1.54, 1.807) is 6.92 Å². The number of nitrogens with zero attached hydrogens (tertiary/aromatic N) is 2. The van der Waals surface area contributed by atoms with E-state index in [0.29, 0.717) is 23.0 Å². The summed E-state index contributed by atoms with van der Waals surface area (Å²) < 4.78 is 6.42. The molecule has 3 rings (SSSR count). The number of amides is 1. The van der Waals surface area contributed by atoms with E-state index in [4.69, 9.17) is 4.74 Å². The molecule has 0 atom stereocenters. The molecule has 1 amide bonds. The van der Waals surface area contributed by atoms with Gasteiger partial charge in [-0.05, 0) is 49.1 Å². The third-order valence-electron chi connectivity index (χ3n) is 4.08. The van der Waals surface area contributed by atoms with E-state index >= 15 is 0 Å². The molecule has 0 aliphatic heterocycles. The SMILES string of the molecule is CCCn1nc(C(=O)Nc2scc(C3CC3)c2C(=O)OCC)ccc1=O. The van der Waals surface area contributed by atoms with Crippen LogP contribution in [0.15, 0.2) is 22.3 Å². The maximum absolute atomic E-state index is 12.6. The zero-order chi connectivity index (χ0) is 18.7. The number of hydrogen-bond donors (Lipinski definition) is 1. The number of ether oxygens (including phenoxy) is 1. The number of anilines is 1. The predicted molar refractivity (Wildman–Crippen MR) is 99.0 cm³/mol. The van der Waals surface area contributed by atoms with Gasteiger partial charge in [0.15, 0.2) is 0 Å². The van der Waals surface area contributed by atoms with Gasteiger partial charge in [-0.3, -0.25) is 9.59 Å². The first kappa shape index (κ1) is 18.3. The van der Waals surface area contributed by atoms with Crippen molar-refractivity contribution in [1.82, 2.24) is 9.78 Å². The van der Waals surface area contributed by atoms with Gasteiger partial charge in [0, 0.05) is 12.6 Å². The van der Waals surface area contributed by atoms with Crippen LogP contribution in [-0.2, 0) is 11.3 Å². The number of aryl methyl sites for hydroxylation is 1. The second-order valence-corrected chi connectivity index (χ2v) is 7.00. The first-order chi connectivity index (χ1) is 12.5. The van der Waals surface area contributed by atoms with Crippen LogP contribution in [-0.4, -0.2) is 28.3 Å². The van der Waals surface area contributed by atoms with Crippen LogP contribution < -0.4 is 10.9 Å². The van der Waals surface area contributed by atoms with E-state index in [9.17, 15) is 14.4 Å². The summed E-state index contributed by atoms with van der Waals surface area (Å²) in [6.07, 6.45) is 2.82. The molecule has 2 aromatic rings. The van der Waals surface area contributed by atoms with Crippen LogP contribution in [0.1, 0.15) is 65.4 Å². The minimum atomic E-state index is -0.454. The molecule has 2 aromatic heterocycles. The summed E-state index contributed by atoms with van der Waals surface area (Å²) in [6, 6.07) is 2.72. The molecule has 1 N–H and O–H groups in total. The van der Waals surface area contributed by atoms with E-state index in [-0.39, 0.29) is 17.9 Å². The van der Waals surface area contributed by atoms with E-state index < -0.39 is 11.9 Å². The Morgan fingerprint density at radius 1 is 1.35 bits per heavy atom. The summed E-state index contributed by atoms with van der Waals surface area (Å²) in [5.41, 5.74) is 1.26. The first-order valence-electron chi connectivity index (χ1n) is 8.73. The minimum Gasteiger partial charge on any atom is -0.462 e. The molecule has 26 heavy (non-hydrogen) atoms. The van der Waals surface area contributed by atoms with Gasteiger partial charge in [-0.1, -0.05) is 6.92 Å². The average molecular weight is 375 g/mol. The van der Waals surface area contributed by atoms with E-state index in [1.165, 1.54) is 28.2 Å². The summed E-state index contributed by atoms with van der Waals surface area (Å²) in [5, 5.41) is 9.23. The third-order valence-corrected chi connectivity index (χ3v) is 4.99. The van der Waals surface area contributed by atoms with Crippen molar-refractivity contribution in [3.63, 3.8) is 0 Å². The van der Waals surface area contributed by atoms with Crippen molar-refractivity contribution in [3.05, 3.63) is 44.7 Å². The fourth-order valence-corrected chi connectivity index (χ4v) is 3.71. The van der Waals surface area contributed by atoms with Crippen molar-refractivity contribution in [2.45, 2.75) is 45.6 Å². The van der Waals surface area contributed by atoms with Gasteiger partial charge in [0.2, 0.25) is 0 Å². The van der Waals surface area contributed by atoms with Crippen molar-refractivity contribution in [1.29, 1.82) is 0 Å². The largest absolute Gasteiger partial charge is 0.462 e. The molecule has 138 valence electrons. The van der Waals surface area contributed by atoms with Gasteiger partial charge in [-0.2, -0.15) is 5.10 Å². The summed E-state index contributed by atoms with van der Waals surface area (Å²) in [7, 11) is 0. The highest BCUT2D eigenvalue weighted by Gasteiger charge is 2.32. The topological polar surface area (TPSA) is 90.3 Å². The Labute approximate surface area is 155 Å². The molecule has 0 aromatic carbocycles. The molecule has 1 fully saturated rings. The second kappa shape index (κ2) is 7.82. The normalized spacial score (nSPS) is 13.5. The van der Waals surface area contributed by atoms with Crippen molar-refractivity contribution >= 4 is 28.2 Å². The lowest BCUT2D eigenvalue weighted by Crippen LogP contribution is -2.26. The zero-order valence-corrected chi connectivity index (χ0v) is 15.6. The summed E-state index contributed by atoms with van der Waals surface area (Å²) in [5.74, 6) is -0.514. The fraction of sp³-hybridized carbons (Fsp3) is 0.444. The molecule has 1 saturated carbocycles. The highest BCUT2D eigenvalue weighted by atomic mass is 32.1. The van der Waals surface area contributed by atoms with Gasteiger partial charge < -0.3 is 10.1 Å². The van der Waals surface area contributed by atoms with Gasteiger partial charge in [0.25, 0.3) is 11.5 Å². The Morgan fingerprint density at radius 3 is 2.77 bits per heavy atom. The van der Waals surface area contributed by atoms with Crippen LogP contribution in [0.5, 0.6) is 0 Å². The first-order valence-corrected chi connectivity index (χ1v) is 9.61. The molecule has 2 heterocycles. The number of thiophene rings is 1. The number of nitrogens with one attached hydrogen (secondary N) is 1. The van der Waals surface area contributed by atoms with Gasteiger partial charge in [0.05, 0.1) is 12.2 Å². The van der Waals surface area contributed by atoms with Crippen LogP contribution in [0.3, 0.4) is 0 Å². The molecule has 0 bridgehead atoms. The maximum atomic E-state index is 12.6. The van der Waals surface area contributed by atoms with Crippen LogP contribution in [0.2, 0.25) is 0 Å². The Balaban J connectivity index is 1.86. The Hall–Kier alpha value is -2.48. The molecule has 0 radical (unpaired) electrons. The third kappa shape index (κ3) is 3.85. The second-order valence-electron chi connectivity index (χ2n) is 6.12. The zero-order valence-electron chi connectivity index (χ0n) is 14.8. The number of carbonyl (C=O) groups is 2. The van der Waals surface area contributed by atoms with Gasteiger partial charge >= 0.3 is 5.97 Å². The predicted octanol–water partition coefficient (Wildman–Crippen LogP) is 3.02. The highest BCUT2D eigenvalue weighted by molar-refractivity contribution is 7.15. The summed E-state index contributed by atoms with van der Waals surface area (Å²) >= 11 is 1.31. The van der Waals surface area contributed by atoms with Gasteiger partial charge in [-0.25, -0.2) is 9.48 Å². The van der Waals surface area contributed by atoms with Crippen LogP contribution in [0, 0.1) is 0 Å². The molecule has 1 aliphatic carbocycles.